The lowest BCUT2D eigenvalue weighted by Gasteiger charge is -2.28. The van der Waals surface area contributed by atoms with E-state index in [1.165, 1.54) is 17.0 Å². The molecule has 0 saturated heterocycles. The van der Waals surface area contributed by atoms with Gasteiger partial charge in [0.25, 0.3) is 5.91 Å². The van der Waals surface area contributed by atoms with Gasteiger partial charge in [-0.2, -0.15) is 0 Å². The van der Waals surface area contributed by atoms with Gasteiger partial charge in [0.05, 0.1) is 4.90 Å². The van der Waals surface area contributed by atoms with Crippen LogP contribution >= 0.6 is 11.6 Å². The van der Waals surface area contributed by atoms with E-state index >= 15 is 0 Å². The SMILES string of the molecule is CC(Cc1ccc(OC(C)(C)C(=O)N(C)C)cc1)NS(=O)(=O)c1ccc(Cl)cc1. The Bertz CT molecular complexity index is 940. The van der Waals surface area contributed by atoms with E-state index < -0.39 is 15.6 Å². The number of sulfonamides is 1. The highest BCUT2D eigenvalue weighted by Crippen LogP contribution is 2.21. The minimum atomic E-state index is -3.62. The van der Waals surface area contributed by atoms with Gasteiger partial charge >= 0.3 is 0 Å². The quantitative estimate of drug-likeness (QED) is 0.684. The fraction of sp³-hybridized carbons (Fsp3) is 0.381. The number of nitrogens with zero attached hydrogens (tertiary/aromatic N) is 1. The van der Waals surface area contributed by atoms with Gasteiger partial charge in [0.15, 0.2) is 5.60 Å². The summed E-state index contributed by atoms with van der Waals surface area (Å²) in [5.41, 5.74) is -0.0348. The number of rotatable bonds is 8. The minimum Gasteiger partial charge on any atom is -0.478 e. The number of hydrogen-bond acceptors (Lipinski definition) is 4. The molecule has 158 valence electrons. The van der Waals surface area contributed by atoms with E-state index in [-0.39, 0.29) is 16.8 Å². The normalized spacial score (nSPS) is 13.0. The summed E-state index contributed by atoms with van der Waals surface area (Å²) in [6, 6.07) is 13.0. The number of carbonyl (C=O) groups is 1. The van der Waals surface area contributed by atoms with Gasteiger partial charge in [-0.15, -0.1) is 0 Å². The standard InChI is InChI=1S/C21H27ClN2O4S/c1-15(23-29(26,27)19-12-8-17(22)9-13-19)14-16-6-10-18(11-7-16)28-21(2,3)20(25)24(4)5/h6-13,15,23H,14H2,1-5H3. The Kier molecular flexibility index (Phi) is 7.32. The molecule has 0 spiro atoms. The van der Waals surface area contributed by atoms with Crippen LogP contribution in [0.5, 0.6) is 5.75 Å². The van der Waals surface area contributed by atoms with E-state index in [2.05, 4.69) is 4.72 Å². The number of ether oxygens (including phenoxy) is 1. The second-order valence-electron chi connectivity index (χ2n) is 7.64. The molecule has 0 aliphatic rings. The van der Waals surface area contributed by atoms with E-state index in [0.29, 0.717) is 17.2 Å². The Labute approximate surface area is 177 Å². The van der Waals surface area contributed by atoms with Gasteiger partial charge in [0, 0.05) is 25.2 Å². The Morgan fingerprint density at radius 2 is 1.66 bits per heavy atom. The molecule has 2 aromatic carbocycles. The first-order valence-electron chi connectivity index (χ1n) is 9.18. The molecule has 1 atom stereocenters. The molecule has 0 aliphatic carbocycles. The van der Waals surface area contributed by atoms with Crippen LogP contribution in [0.15, 0.2) is 53.4 Å². The van der Waals surface area contributed by atoms with Gasteiger partial charge in [0.2, 0.25) is 10.0 Å². The number of carbonyl (C=O) groups excluding carboxylic acids is 1. The second kappa shape index (κ2) is 9.15. The zero-order valence-corrected chi connectivity index (χ0v) is 18.8. The van der Waals surface area contributed by atoms with E-state index in [1.807, 2.05) is 12.1 Å². The molecule has 0 heterocycles. The van der Waals surface area contributed by atoms with Gasteiger partial charge in [-0.25, -0.2) is 13.1 Å². The molecule has 0 bridgehead atoms. The highest BCUT2D eigenvalue weighted by molar-refractivity contribution is 7.89. The van der Waals surface area contributed by atoms with Crippen molar-refractivity contribution in [3.63, 3.8) is 0 Å². The van der Waals surface area contributed by atoms with Crippen LogP contribution in [0.4, 0.5) is 0 Å². The monoisotopic (exact) mass is 438 g/mol. The Morgan fingerprint density at radius 3 is 2.17 bits per heavy atom. The average molecular weight is 439 g/mol. The van der Waals surface area contributed by atoms with Crippen molar-refractivity contribution in [3.8, 4) is 5.75 Å². The number of hydrogen-bond donors (Lipinski definition) is 1. The molecule has 0 saturated carbocycles. The van der Waals surface area contributed by atoms with Crippen molar-refractivity contribution < 1.29 is 17.9 Å². The number of halogens is 1. The number of benzene rings is 2. The van der Waals surface area contributed by atoms with Crippen molar-refractivity contribution in [3.05, 3.63) is 59.1 Å². The zero-order valence-electron chi connectivity index (χ0n) is 17.3. The summed E-state index contributed by atoms with van der Waals surface area (Å²) in [7, 11) is -0.255. The third kappa shape index (κ3) is 6.45. The van der Waals surface area contributed by atoms with Crippen LogP contribution in [-0.2, 0) is 21.2 Å². The Hall–Kier alpha value is -2.09. The topological polar surface area (TPSA) is 75.7 Å². The minimum absolute atomic E-state index is 0.133. The number of amides is 1. The van der Waals surface area contributed by atoms with Crippen LogP contribution in [0.25, 0.3) is 0 Å². The predicted molar refractivity (Wildman–Crippen MR) is 115 cm³/mol. The van der Waals surface area contributed by atoms with Crippen molar-refractivity contribution >= 4 is 27.5 Å². The molecule has 1 amide bonds. The largest absolute Gasteiger partial charge is 0.478 e. The van der Waals surface area contributed by atoms with E-state index in [1.54, 1.807) is 59.1 Å². The molecule has 1 N–H and O–H groups in total. The van der Waals surface area contributed by atoms with Crippen LogP contribution in [0.3, 0.4) is 0 Å². The summed E-state index contributed by atoms with van der Waals surface area (Å²) < 4.78 is 33.4. The molecular weight excluding hydrogens is 412 g/mol. The summed E-state index contributed by atoms with van der Waals surface area (Å²) in [6.45, 7) is 5.24. The first-order valence-corrected chi connectivity index (χ1v) is 11.0. The first-order chi connectivity index (χ1) is 13.4. The van der Waals surface area contributed by atoms with Crippen LogP contribution < -0.4 is 9.46 Å². The molecule has 6 nitrogen and oxygen atoms in total. The van der Waals surface area contributed by atoms with Crippen molar-refractivity contribution in [2.24, 2.45) is 0 Å². The van der Waals surface area contributed by atoms with Crippen molar-refractivity contribution in [2.45, 2.75) is 43.7 Å². The van der Waals surface area contributed by atoms with Crippen LogP contribution in [-0.4, -0.2) is 45.0 Å². The number of likely N-dealkylation sites (N-methyl/N-ethyl adjacent to an activating group) is 1. The maximum atomic E-state index is 12.5. The van der Waals surface area contributed by atoms with Crippen LogP contribution in [0.1, 0.15) is 26.3 Å². The highest BCUT2D eigenvalue weighted by Gasteiger charge is 2.31. The summed E-state index contributed by atoms with van der Waals surface area (Å²) in [4.78, 5) is 13.8. The lowest BCUT2D eigenvalue weighted by molar-refractivity contribution is -0.142. The van der Waals surface area contributed by atoms with Gasteiger partial charge in [0.1, 0.15) is 5.75 Å². The fourth-order valence-electron chi connectivity index (χ4n) is 2.91. The summed E-state index contributed by atoms with van der Waals surface area (Å²) in [5.74, 6) is 0.440. The van der Waals surface area contributed by atoms with Gasteiger partial charge in [-0.3, -0.25) is 4.79 Å². The third-order valence-corrected chi connectivity index (χ3v) is 6.10. The van der Waals surface area contributed by atoms with Crippen LogP contribution in [0.2, 0.25) is 5.02 Å². The van der Waals surface area contributed by atoms with Crippen molar-refractivity contribution in [1.82, 2.24) is 9.62 Å². The molecule has 0 aromatic heterocycles. The summed E-state index contributed by atoms with van der Waals surface area (Å²) in [6.07, 6.45) is 0.507. The molecule has 29 heavy (non-hydrogen) atoms. The first kappa shape index (κ1) is 23.2. The summed E-state index contributed by atoms with van der Waals surface area (Å²) in [5, 5.41) is 0.481. The predicted octanol–water partition coefficient (Wildman–Crippen LogP) is 3.50. The zero-order chi connectivity index (χ0) is 21.8. The van der Waals surface area contributed by atoms with Crippen molar-refractivity contribution in [2.75, 3.05) is 14.1 Å². The van der Waals surface area contributed by atoms with E-state index in [9.17, 15) is 13.2 Å². The fourth-order valence-corrected chi connectivity index (χ4v) is 4.28. The smallest absolute Gasteiger partial charge is 0.265 e. The average Bonchev–Trinajstić information content (AvgIpc) is 2.62. The van der Waals surface area contributed by atoms with Crippen LogP contribution in [0, 0.1) is 0 Å². The summed E-state index contributed by atoms with van der Waals surface area (Å²) >= 11 is 5.81. The molecule has 2 rings (SSSR count). The molecule has 8 heteroatoms. The highest BCUT2D eigenvalue weighted by atomic mass is 35.5. The molecule has 0 radical (unpaired) electrons. The van der Waals surface area contributed by atoms with E-state index in [4.69, 9.17) is 16.3 Å². The lowest BCUT2D eigenvalue weighted by Crippen LogP contribution is -2.45. The second-order valence-corrected chi connectivity index (χ2v) is 9.79. The Morgan fingerprint density at radius 1 is 1.10 bits per heavy atom. The molecule has 0 fully saturated rings. The third-order valence-electron chi connectivity index (χ3n) is 4.24. The molecule has 2 aromatic rings. The van der Waals surface area contributed by atoms with E-state index in [0.717, 1.165) is 5.56 Å². The van der Waals surface area contributed by atoms with Gasteiger partial charge in [-0.1, -0.05) is 23.7 Å². The lowest BCUT2D eigenvalue weighted by atomic mass is 10.1. The van der Waals surface area contributed by atoms with Crippen molar-refractivity contribution in [1.29, 1.82) is 0 Å². The van der Waals surface area contributed by atoms with Gasteiger partial charge < -0.3 is 9.64 Å². The number of nitrogens with one attached hydrogen (secondary N) is 1. The maximum Gasteiger partial charge on any atom is 0.265 e. The molecular formula is C21H27ClN2O4S. The maximum absolute atomic E-state index is 12.5. The molecule has 1 unspecified atom stereocenters. The molecule has 0 aliphatic heterocycles. The van der Waals surface area contributed by atoms with Gasteiger partial charge in [-0.05, 0) is 69.2 Å². The Balaban J connectivity index is 2.00.